The molecule has 2 heterocycles. The number of rotatable bonds is 4. The Hall–Kier alpha value is -1.60. The maximum atomic E-state index is 13.1. The van der Waals surface area contributed by atoms with Gasteiger partial charge in [0, 0.05) is 6.54 Å². The second-order valence-electron chi connectivity index (χ2n) is 6.38. The van der Waals surface area contributed by atoms with Crippen molar-refractivity contribution in [2.45, 2.75) is 44.6 Å². The molecule has 1 unspecified atom stereocenters. The van der Waals surface area contributed by atoms with Crippen LogP contribution < -0.4 is 0 Å². The lowest BCUT2D eigenvalue weighted by atomic mass is 10.1. The third kappa shape index (κ3) is 3.89. The highest BCUT2D eigenvalue weighted by molar-refractivity contribution is 5.82. The number of hydrogen-bond donors (Lipinski definition) is 0. The van der Waals surface area contributed by atoms with Gasteiger partial charge in [0.05, 0.1) is 6.04 Å². The van der Waals surface area contributed by atoms with Gasteiger partial charge in [-0.2, -0.15) is 13.2 Å². The van der Waals surface area contributed by atoms with Crippen LogP contribution in [0.1, 0.15) is 37.9 Å². The summed E-state index contributed by atoms with van der Waals surface area (Å²) in [5, 5.41) is 1.38. The fraction of sp³-hybridized carbons (Fsp3) is 0.588. The number of hydrogen-bond acceptors (Lipinski definition) is 4. The maximum absolute atomic E-state index is 13.1. The monoisotopic (exact) mass is 341 g/mol. The summed E-state index contributed by atoms with van der Waals surface area (Å²) < 4.78 is 39.2. The predicted molar refractivity (Wildman–Crippen MR) is 85.4 cm³/mol. The van der Waals surface area contributed by atoms with Crippen molar-refractivity contribution in [2.75, 3.05) is 19.6 Å². The van der Waals surface area contributed by atoms with E-state index in [0.29, 0.717) is 12.1 Å². The van der Waals surface area contributed by atoms with Crippen molar-refractivity contribution in [3.63, 3.8) is 0 Å². The minimum absolute atomic E-state index is 0.197. The molecule has 1 saturated heterocycles. The maximum Gasteiger partial charge on any atom is 0.470 e. The summed E-state index contributed by atoms with van der Waals surface area (Å²) in [5.41, 5.74) is 0.697. The molecule has 0 amide bonds. The molecule has 2 atom stereocenters. The van der Waals surface area contributed by atoms with Gasteiger partial charge in [-0.25, -0.2) is 4.99 Å². The molecular formula is C17H22F3N3O. The number of piperidine rings is 1. The summed E-state index contributed by atoms with van der Waals surface area (Å²) in [4.78, 5) is 11.2. The number of hydroxylamine groups is 2. The van der Waals surface area contributed by atoms with Gasteiger partial charge >= 0.3 is 12.1 Å². The number of aliphatic imine (C=N–C) groups is 1. The van der Waals surface area contributed by atoms with Crippen LogP contribution in [0, 0.1) is 0 Å². The molecular weight excluding hydrogens is 319 g/mol. The Morgan fingerprint density at radius 3 is 2.46 bits per heavy atom. The van der Waals surface area contributed by atoms with Gasteiger partial charge in [0.15, 0.2) is 6.17 Å². The van der Waals surface area contributed by atoms with Gasteiger partial charge < -0.3 is 9.74 Å². The first-order valence-electron chi connectivity index (χ1n) is 8.34. The van der Waals surface area contributed by atoms with E-state index >= 15 is 0 Å². The van der Waals surface area contributed by atoms with E-state index in [2.05, 4.69) is 9.89 Å². The third-order valence-corrected chi connectivity index (χ3v) is 4.42. The summed E-state index contributed by atoms with van der Waals surface area (Å²) in [5.74, 6) is -1.16. The molecule has 2 aliphatic rings. The van der Waals surface area contributed by atoms with Crippen LogP contribution in [0.15, 0.2) is 35.3 Å². The summed E-state index contributed by atoms with van der Waals surface area (Å²) >= 11 is 0. The van der Waals surface area contributed by atoms with Crippen molar-refractivity contribution < 1.29 is 18.0 Å². The van der Waals surface area contributed by atoms with Crippen molar-refractivity contribution >= 4 is 5.90 Å². The Morgan fingerprint density at radius 1 is 1.17 bits per heavy atom. The molecule has 0 N–H and O–H groups in total. The van der Waals surface area contributed by atoms with E-state index in [-0.39, 0.29) is 6.04 Å². The van der Waals surface area contributed by atoms with Crippen molar-refractivity contribution in [3.8, 4) is 0 Å². The Balaban J connectivity index is 1.77. The van der Waals surface area contributed by atoms with E-state index in [1.807, 2.05) is 13.0 Å². The second kappa shape index (κ2) is 7.11. The van der Waals surface area contributed by atoms with E-state index in [0.717, 1.165) is 25.9 Å². The minimum Gasteiger partial charge on any atom is -0.378 e. The molecule has 1 aromatic rings. The first-order chi connectivity index (χ1) is 11.4. The van der Waals surface area contributed by atoms with Crippen molar-refractivity contribution in [2.24, 2.45) is 4.99 Å². The Bertz CT molecular complexity index is 570. The quantitative estimate of drug-likeness (QED) is 0.834. The molecule has 0 saturated carbocycles. The van der Waals surface area contributed by atoms with Crippen LogP contribution in [0.25, 0.3) is 0 Å². The van der Waals surface area contributed by atoms with E-state index in [1.165, 1.54) is 11.5 Å². The molecule has 1 aromatic carbocycles. The molecule has 0 aliphatic carbocycles. The highest BCUT2D eigenvalue weighted by atomic mass is 19.4. The topological polar surface area (TPSA) is 28.1 Å². The highest BCUT2D eigenvalue weighted by Crippen LogP contribution is 2.35. The predicted octanol–water partition coefficient (Wildman–Crippen LogP) is 3.77. The molecule has 0 spiro atoms. The zero-order chi connectivity index (χ0) is 17.2. The Kier molecular flexibility index (Phi) is 5.10. The molecule has 2 aliphatic heterocycles. The fourth-order valence-electron chi connectivity index (χ4n) is 3.24. The summed E-state index contributed by atoms with van der Waals surface area (Å²) in [7, 11) is 0. The molecule has 3 rings (SSSR count). The average Bonchev–Trinajstić information content (AvgIpc) is 3.02. The lowest BCUT2D eigenvalue weighted by molar-refractivity contribution is -0.155. The molecule has 0 radical (unpaired) electrons. The van der Waals surface area contributed by atoms with Gasteiger partial charge in [0.1, 0.15) is 0 Å². The second-order valence-corrected chi connectivity index (χ2v) is 6.38. The normalized spacial score (nSPS) is 24.5. The van der Waals surface area contributed by atoms with E-state index < -0.39 is 18.2 Å². The lowest BCUT2D eigenvalue weighted by Crippen LogP contribution is -2.44. The molecule has 0 aromatic heterocycles. The van der Waals surface area contributed by atoms with Crippen molar-refractivity contribution in [1.82, 2.24) is 9.96 Å². The third-order valence-electron chi connectivity index (χ3n) is 4.42. The molecule has 24 heavy (non-hydrogen) atoms. The van der Waals surface area contributed by atoms with Crippen LogP contribution in [-0.2, 0) is 4.84 Å². The first-order valence-corrected chi connectivity index (χ1v) is 8.34. The molecule has 0 bridgehead atoms. The number of alkyl halides is 3. The van der Waals surface area contributed by atoms with Crippen LogP contribution in [-0.4, -0.2) is 47.7 Å². The van der Waals surface area contributed by atoms with E-state index in [9.17, 15) is 13.2 Å². The summed E-state index contributed by atoms with van der Waals surface area (Å²) in [6, 6.07) is 8.77. The van der Waals surface area contributed by atoms with Crippen LogP contribution in [0.3, 0.4) is 0 Å². The van der Waals surface area contributed by atoms with Gasteiger partial charge in [-0.3, -0.25) is 0 Å². The smallest absolute Gasteiger partial charge is 0.378 e. The Labute approximate surface area is 139 Å². The standard InChI is InChI=1S/C17H22F3N3O/c1-13(12-22-10-6-3-7-11-22)23-15(14-8-4-2-5-9-14)21-16(24-23)17(18,19)20/h2,4-5,8-9,13,15H,3,6-7,10-12H2,1H3/t13?,15-/m1/s1. The number of benzene rings is 1. The molecule has 1 fully saturated rings. The van der Waals surface area contributed by atoms with Gasteiger partial charge in [-0.05, 0) is 38.4 Å². The lowest BCUT2D eigenvalue weighted by Gasteiger charge is -2.33. The fourth-order valence-corrected chi connectivity index (χ4v) is 3.24. The zero-order valence-corrected chi connectivity index (χ0v) is 13.7. The molecule has 7 heteroatoms. The largest absolute Gasteiger partial charge is 0.470 e. The summed E-state index contributed by atoms with van der Waals surface area (Å²) in [6.07, 6.45) is -1.84. The number of likely N-dealkylation sites (tertiary alicyclic amines) is 1. The molecule has 4 nitrogen and oxygen atoms in total. The SMILES string of the molecule is CC(CN1CCCCC1)N1OC(C(F)(F)F)=N[C@H]1c1ccccc1. The van der Waals surface area contributed by atoms with E-state index in [1.54, 1.807) is 24.3 Å². The zero-order valence-electron chi connectivity index (χ0n) is 13.7. The first kappa shape index (κ1) is 17.2. The van der Waals surface area contributed by atoms with Gasteiger partial charge in [0.25, 0.3) is 0 Å². The Morgan fingerprint density at radius 2 is 1.83 bits per heavy atom. The number of nitrogens with zero attached hydrogens (tertiary/aromatic N) is 3. The highest BCUT2D eigenvalue weighted by Gasteiger charge is 2.47. The van der Waals surface area contributed by atoms with Crippen molar-refractivity contribution in [3.05, 3.63) is 35.9 Å². The van der Waals surface area contributed by atoms with Crippen LogP contribution in [0.2, 0.25) is 0 Å². The van der Waals surface area contributed by atoms with Crippen LogP contribution >= 0.6 is 0 Å². The number of halogens is 3. The van der Waals surface area contributed by atoms with Crippen molar-refractivity contribution in [1.29, 1.82) is 0 Å². The average molecular weight is 341 g/mol. The van der Waals surface area contributed by atoms with Gasteiger partial charge in [-0.1, -0.05) is 36.8 Å². The van der Waals surface area contributed by atoms with E-state index in [4.69, 9.17) is 4.84 Å². The van der Waals surface area contributed by atoms with Crippen LogP contribution in [0.4, 0.5) is 13.2 Å². The van der Waals surface area contributed by atoms with Crippen LogP contribution in [0.5, 0.6) is 0 Å². The molecule has 132 valence electrons. The minimum atomic E-state index is -4.58. The van der Waals surface area contributed by atoms with Gasteiger partial charge in [-0.15, -0.1) is 5.06 Å². The summed E-state index contributed by atoms with van der Waals surface area (Å²) in [6.45, 7) is 4.53. The van der Waals surface area contributed by atoms with Gasteiger partial charge in [0.2, 0.25) is 0 Å².